The number of furan rings is 1. The van der Waals surface area contributed by atoms with Crippen molar-refractivity contribution in [2.45, 2.75) is 17.7 Å². The number of fused-ring (bicyclic) bond motifs is 1. The quantitative estimate of drug-likeness (QED) is 0.765. The number of hydrogen-bond acceptors (Lipinski definition) is 4. The maximum atomic E-state index is 13.0. The van der Waals surface area contributed by atoms with Gasteiger partial charge in [0.05, 0.1) is 22.5 Å². The predicted molar refractivity (Wildman–Crippen MR) is 94.9 cm³/mol. The molecule has 2 aromatic carbocycles. The van der Waals surface area contributed by atoms with E-state index in [1.165, 1.54) is 12.1 Å². The Morgan fingerprint density at radius 3 is 2.48 bits per heavy atom. The third-order valence-corrected chi connectivity index (χ3v) is 5.75. The van der Waals surface area contributed by atoms with E-state index in [4.69, 9.17) is 4.42 Å². The van der Waals surface area contributed by atoms with E-state index >= 15 is 0 Å². The molecule has 0 unspecified atom stereocenters. The number of nitrogens with zero attached hydrogens (tertiary/aromatic N) is 1. The Morgan fingerprint density at radius 2 is 1.76 bits per heavy atom. The van der Waals surface area contributed by atoms with Crippen LogP contribution >= 0.6 is 0 Å². The SMILES string of the molecule is O=S(=O)(Nc1cc(N2CCCC2)c2occc2c1)c1ccc(F)cc1. The Labute approximate surface area is 145 Å². The number of nitrogens with one attached hydrogen (secondary N) is 1. The second kappa shape index (κ2) is 6.07. The lowest BCUT2D eigenvalue weighted by Crippen LogP contribution is -2.18. The molecule has 1 aliphatic rings. The minimum Gasteiger partial charge on any atom is -0.462 e. The molecule has 0 aliphatic carbocycles. The smallest absolute Gasteiger partial charge is 0.261 e. The van der Waals surface area contributed by atoms with Crippen LogP contribution in [0.1, 0.15) is 12.8 Å². The van der Waals surface area contributed by atoms with E-state index in [1.54, 1.807) is 18.4 Å². The van der Waals surface area contributed by atoms with E-state index in [1.807, 2.05) is 6.07 Å². The summed E-state index contributed by atoms with van der Waals surface area (Å²) in [6.45, 7) is 1.84. The number of benzene rings is 2. The van der Waals surface area contributed by atoms with Crippen molar-refractivity contribution >= 4 is 32.4 Å². The van der Waals surface area contributed by atoms with Crippen molar-refractivity contribution in [3.8, 4) is 0 Å². The summed E-state index contributed by atoms with van der Waals surface area (Å²) in [4.78, 5) is 2.21. The van der Waals surface area contributed by atoms with Crippen LogP contribution in [-0.4, -0.2) is 21.5 Å². The van der Waals surface area contributed by atoms with E-state index in [9.17, 15) is 12.8 Å². The highest BCUT2D eigenvalue weighted by Crippen LogP contribution is 2.34. The Balaban J connectivity index is 1.72. The molecule has 0 atom stereocenters. The molecule has 0 spiro atoms. The summed E-state index contributed by atoms with van der Waals surface area (Å²) in [5.74, 6) is -0.477. The fraction of sp³-hybridized carbons (Fsp3) is 0.222. The Hall–Kier alpha value is -2.54. The lowest BCUT2D eigenvalue weighted by molar-refractivity contribution is 0.599. The van der Waals surface area contributed by atoms with Crippen LogP contribution in [0.25, 0.3) is 11.0 Å². The summed E-state index contributed by atoms with van der Waals surface area (Å²) < 4.78 is 46.3. The zero-order valence-electron chi connectivity index (χ0n) is 13.4. The van der Waals surface area contributed by atoms with Gasteiger partial charge >= 0.3 is 0 Å². The standard InChI is InChI=1S/C18H17FN2O3S/c19-14-3-5-16(6-4-14)25(22,23)20-15-11-13-7-10-24-18(13)17(12-15)21-8-1-2-9-21/h3-7,10-12,20H,1-2,8-9H2. The van der Waals surface area contributed by atoms with Gasteiger partial charge in [-0.15, -0.1) is 0 Å². The minimum absolute atomic E-state index is 0.0175. The van der Waals surface area contributed by atoms with Crippen LogP contribution in [0.15, 0.2) is 58.0 Å². The second-order valence-corrected chi connectivity index (χ2v) is 7.77. The first kappa shape index (κ1) is 16.0. The Morgan fingerprint density at radius 1 is 1.04 bits per heavy atom. The molecular formula is C18H17FN2O3S. The van der Waals surface area contributed by atoms with Gasteiger partial charge in [0.15, 0.2) is 5.58 Å². The van der Waals surface area contributed by atoms with Gasteiger partial charge < -0.3 is 9.32 Å². The lowest BCUT2D eigenvalue weighted by atomic mass is 10.2. The van der Waals surface area contributed by atoms with Crippen LogP contribution in [0.3, 0.4) is 0 Å². The largest absolute Gasteiger partial charge is 0.462 e. The van der Waals surface area contributed by atoms with E-state index in [-0.39, 0.29) is 4.90 Å². The molecule has 4 rings (SSSR count). The minimum atomic E-state index is -3.79. The number of rotatable bonds is 4. The average Bonchev–Trinajstić information content (AvgIpc) is 3.25. The van der Waals surface area contributed by atoms with Crippen molar-refractivity contribution < 1.29 is 17.2 Å². The van der Waals surface area contributed by atoms with Crippen molar-refractivity contribution in [2.75, 3.05) is 22.7 Å². The summed E-state index contributed by atoms with van der Waals surface area (Å²) in [5, 5.41) is 0.834. The number of sulfonamides is 1. The molecule has 25 heavy (non-hydrogen) atoms. The molecule has 1 fully saturated rings. The monoisotopic (exact) mass is 360 g/mol. The first-order valence-corrected chi connectivity index (χ1v) is 9.56. The Kier molecular flexibility index (Phi) is 3.88. The third-order valence-electron chi connectivity index (χ3n) is 4.35. The maximum Gasteiger partial charge on any atom is 0.261 e. The van der Waals surface area contributed by atoms with Gasteiger partial charge in [-0.2, -0.15) is 0 Å². The maximum absolute atomic E-state index is 13.0. The molecule has 5 nitrogen and oxygen atoms in total. The topological polar surface area (TPSA) is 62.6 Å². The van der Waals surface area contributed by atoms with Gasteiger partial charge in [0.25, 0.3) is 10.0 Å². The normalized spacial score (nSPS) is 15.0. The van der Waals surface area contributed by atoms with Crippen LogP contribution in [-0.2, 0) is 10.0 Å². The summed E-state index contributed by atoms with van der Waals surface area (Å²) in [7, 11) is -3.79. The highest BCUT2D eigenvalue weighted by atomic mass is 32.2. The van der Waals surface area contributed by atoms with Gasteiger partial charge in [0.2, 0.25) is 0 Å². The highest BCUT2D eigenvalue weighted by molar-refractivity contribution is 7.92. The summed E-state index contributed by atoms with van der Waals surface area (Å²) in [5.41, 5.74) is 2.10. The van der Waals surface area contributed by atoms with E-state index in [0.29, 0.717) is 5.69 Å². The van der Waals surface area contributed by atoms with Crippen LogP contribution in [0.5, 0.6) is 0 Å². The molecule has 0 radical (unpaired) electrons. The fourth-order valence-corrected chi connectivity index (χ4v) is 4.18. The highest BCUT2D eigenvalue weighted by Gasteiger charge is 2.20. The van der Waals surface area contributed by atoms with Crippen molar-refractivity contribution in [3.63, 3.8) is 0 Å². The fourth-order valence-electron chi connectivity index (χ4n) is 3.14. The van der Waals surface area contributed by atoms with Crippen LogP contribution in [0, 0.1) is 5.82 Å². The Bertz CT molecular complexity index is 1010. The number of halogens is 1. The molecular weight excluding hydrogens is 343 g/mol. The zero-order valence-corrected chi connectivity index (χ0v) is 14.2. The molecule has 0 amide bonds. The molecule has 2 heterocycles. The lowest BCUT2D eigenvalue weighted by Gasteiger charge is -2.19. The first-order chi connectivity index (χ1) is 12.0. The van der Waals surface area contributed by atoms with Gasteiger partial charge in [-0.1, -0.05) is 0 Å². The molecule has 130 valence electrons. The van der Waals surface area contributed by atoms with Gasteiger partial charge in [-0.3, -0.25) is 4.72 Å². The van der Waals surface area contributed by atoms with Crippen LogP contribution < -0.4 is 9.62 Å². The van der Waals surface area contributed by atoms with E-state index in [2.05, 4.69) is 9.62 Å². The van der Waals surface area contributed by atoms with Crippen molar-refractivity contribution in [1.82, 2.24) is 0 Å². The van der Waals surface area contributed by atoms with E-state index in [0.717, 1.165) is 54.7 Å². The van der Waals surface area contributed by atoms with Crippen LogP contribution in [0.4, 0.5) is 15.8 Å². The molecule has 1 aliphatic heterocycles. The second-order valence-electron chi connectivity index (χ2n) is 6.09. The molecule has 3 aromatic rings. The predicted octanol–water partition coefficient (Wildman–Crippen LogP) is 3.97. The van der Waals surface area contributed by atoms with Gasteiger partial charge in [0.1, 0.15) is 5.82 Å². The van der Waals surface area contributed by atoms with Crippen molar-refractivity contribution in [2.24, 2.45) is 0 Å². The molecule has 1 saturated heterocycles. The number of hydrogen-bond donors (Lipinski definition) is 1. The summed E-state index contributed by atoms with van der Waals surface area (Å²) >= 11 is 0. The molecule has 7 heteroatoms. The molecule has 0 bridgehead atoms. The van der Waals surface area contributed by atoms with Crippen molar-refractivity contribution in [1.29, 1.82) is 0 Å². The molecule has 1 aromatic heterocycles. The van der Waals surface area contributed by atoms with E-state index < -0.39 is 15.8 Å². The third kappa shape index (κ3) is 3.07. The zero-order chi connectivity index (χ0) is 17.4. The molecule has 1 N–H and O–H groups in total. The molecule has 0 saturated carbocycles. The van der Waals surface area contributed by atoms with Crippen LogP contribution in [0.2, 0.25) is 0 Å². The number of anilines is 2. The summed E-state index contributed by atoms with van der Waals surface area (Å²) in [6.07, 6.45) is 3.81. The average molecular weight is 360 g/mol. The summed E-state index contributed by atoms with van der Waals surface area (Å²) in [6, 6.07) is 10.1. The first-order valence-electron chi connectivity index (χ1n) is 8.07. The van der Waals surface area contributed by atoms with Gasteiger partial charge in [-0.25, -0.2) is 12.8 Å². The van der Waals surface area contributed by atoms with Crippen molar-refractivity contribution in [3.05, 3.63) is 54.5 Å². The van der Waals surface area contributed by atoms with Gasteiger partial charge in [0, 0.05) is 18.5 Å². The van der Waals surface area contributed by atoms with Gasteiger partial charge in [-0.05, 0) is 55.3 Å².